The zero-order valence-corrected chi connectivity index (χ0v) is 18.5. The number of hydrogen-bond acceptors (Lipinski definition) is 6. The van der Waals surface area contributed by atoms with E-state index in [1.165, 1.54) is 10.9 Å². The molecular formula is C24H24N4O5. The van der Waals surface area contributed by atoms with Crippen LogP contribution in [0, 0.1) is 13.8 Å². The number of carbonyl (C=O) groups excluding carboxylic acids is 2. The highest BCUT2D eigenvalue weighted by molar-refractivity contribution is 6.07. The molecule has 0 spiro atoms. The maximum Gasteiger partial charge on any atom is 0.291 e. The lowest BCUT2D eigenvalue weighted by atomic mass is 10.1. The Morgan fingerprint density at radius 1 is 1.09 bits per heavy atom. The SMILES string of the molecule is Cc1ccc(C)c(OCc2ccc(C(=O)Nc3cn(C)nc3C(=O)NCc3ccco3)o2)c1. The van der Waals surface area contributed by atoms with Crippen LogP contribution in [0.1, 0.15) is 43.7 Å². The molecule has 0 bridgehead atoms. The monoisotopic (exact) mass is 448 g/mol. The number of aryl methyl sites for hydroxylation is 3. The Balaban J connectivity index is 1.39. The first kappa shape index (κ1) is 21.9. The molecule has 33 heavy (non-hydrogen) atoms. The molecule has 2 N–H and O–H groups in total. The Bertz CT molecular complexity index is 1270. The number of benzene rings is 1. The van der Waals surface area contributed by atoms with Crippen LogP contribution in [0.2, 0.25) is 0 Å². The fourth-order valence-corrected chi connectivity index (χ4v) is 3.19. The van der Waals surface area contributed by atoms with Crippen LogP contribution in [-0.2, 0) is 20.2 Å². The highest BCUT2D eigenvalue weighted by atomic mass is 16.5. The fourth-order valence-electron chi connectivity index (χ4n) is 3.19. The summed E-state index contributed by atoms with van der Waals surface area (Å²) in [7, 11) is 1.66. The minimum atomic E-state index is -0.499. The molecule has 3 aromatic heterocycles. The van der Waals surface area contributed by atoms with Gasteiger partial charge in [-0.1, -0.05) is 12.1 Å². The second kappa shape index (κ2) is 9.47. The van der Waals surface area contributed by atoms with Crippen LogP contribution >= 0.6 is 0 Å². The summed E-state index contributed by atoms with van der Waals surface area (Å²) in [5.74, 6) is 1.03. The standard InChI is InChI=1S/C24H24N4O5/c1-15-6-7-16(2)21(11-15)32-14-18-8-9-20(33-18)23(29)26-19-13-28(3)27-22(19)24(30)25-12-17-5-4-10-31-17/h4-11,13H,12,14H2,1-3H3,(H,25,30)(H,26,29). The second-order valence-corrected chi connectivity index (χ2v) is 7.60. The van der Waals surface area contributed by atoms with E-state index in [1.54, 1.807) is 37.5 Å². The summed E-state index contributed by atoms with van der Waals surface area (Å²) in [5, 5.41) is 9.55. The van der Waals surface area contributed by atoms with Gasteiger partial charge in [0.05, 0.1) is 18.5 Å². The lowest BCUT2D eigenvalue weighted by molar-refractivity contribution is 0.0943. The molecule has 1 aromatic carbocycles. The Labute approximate surface area is 190 Å². The van der Waals surface area contributed by atoms with Crippen molar-refractivity contribution in [1.29, 1.82) is 0 Å². The van der Waals surface area contributed by atoms with Gasteiger partial charge in [0.1, 0.15) is 23.9 Å². The van der Waals surface area contributed by atoms with Gasteiger partial charge in [0, 0.05) is 13.2 Å². The number of aromatic nitrogens is 2. The van der Waals surface area contributed by atoms with Gasteiger partial charge < -0.3 is 24.2 Å². The van der Waals surface area contributed by atoms with Gasteiger partial charge in [-0.25, -0.2) is 0 Å². The first-order chi connectivity index (χ1) is 15.9. The van der Waals surface area contributed by atoms with Crippen LogP contribution in [0.15, 0.2) is 63.8 Å². The molecule has 0 atom stereocenters. The van der Waals surface area contributed by atoms with Gasteiger partial charge in [0.2, 0.25) is 0 Å². The van der Waals surface area contributed by atoms with Gasteiger partial charge in [-0.2, -0.15) is 5.10 Å². The van der Waals surface area contributed by atoms with Gasteiger partial charge in [-0.05, 0) is 55.3 Å². The van der Waals surface area contributed by atoms with Crippen LogP contribution in [0.5, 0.6) is 5.75 Å². The van der Waals surface area contributed by atoms with Crippen molar-refractivity contribution in [3.63, 3.8) is 0 Å². The van der Waals surface area contributed by atoms with Crippen molar-refractivity contribution in [1.82, 2.24) is 15.1 Å². The largest absolute Gasteiger partial charge is 0.485 e. The molecule has 9 heteroatoms. The minimum Gasteiger partial charge on any atom is -0.485 e. The third kappa shape index (κ3) is 5.32. The zero-order valence-electron chi connectivity index (χ0n) is 18.5. The number of carbonyl (C=O) groups is 2. The molecule has 0 fully saturated rings. The first-order valence-electron chi connectivity index (χ1n) is 10.3. The summed E-state index contributed by atoms with van der Waals surface area (Å²) in [6.45, 7) is 4.35. The van der Waals surface area contributed by atoms with Crippen LogP contribution in [0.4, 0.5) is 5.69 Å². The van der Waals surface area contributed by atoms with Crippen molar-refractivity contribution in [3.8, 4) is 5.75 Å². The third-order valence-corrected chi connectivity index (χ3v) is 4.89. The smallest absolute Gasteiger partial charge is 0.291 e. The Morgan fingerprint density at radius 3 is 2.73 bits per heavy atom. The normalized spacial score (nSPS) is 10.8. The van der Waals surface area contributed by atoms with Crippen molar-refractivity contribution >= 4 is 17.5 Å². The first-order valence-corrected chi connectivity index (χ1v) is 10.3. The van der Waals surface area contributed by atoms with Crippen LogP contribution in [-0.4, -0.2) is 21.6 Å². The number of ether oxygens (including phenoxy) is 1. The molecule has 3 heterocycles. The molecule has 0 saturated heterocycles. The quantitative estimate of drug-likeness (QED) is 0.422. The highest BCUT2D eigenvalue weighted by Gasteiger charge is 2.20. The van der Waals surface area contributed by atoms with Crippen molar-refractivity contribution in [2.24, 2.45) is 7.05 Å². The van der Waals surface area contributed by atoms with E-state index in [2.05, 4.69) is 15.7 Å². The van der Waals surface area contributed by atoms with Crippen LogP contribution in [0.3, 0.4) is 0 Å². The summed E-state index contributed by atoms with van der Waals surface area (Å²) >= 11 is 0. The average Bonchev–Trinajstić information content (AvgIpc) is 3.54. The lowest BCUT2D eigenvalue weighted by Crippen LogP contribution is -2.25. The molecule has 4 aromatic rings. The zero-order chi connectivity index (χ0) is 23.4. The lowest BCUT2D eigenvalue weighted by Gasteiger charge is -2.08. The maximum atomic E-state index is 12.7. The van der Waals surface area contributed by atoms with E-state index < -0.39 is 11.8 Å². The number of rotatable bonds is 8. The molecular weight excluding hydrogens is 424 g/mol. The van der Waals surface area contributed by atoms with E-state index in [0.717, 1.165) is 16.9 Å². The number of amides is 2. The number of hydrogen-bond donors (Lipinski definition) is 2. The maximum absolute atomic E-state index is 12.7. The average molecular weight is 448 g/mol. The molecule has 0 aliphatic heterocycles. The molecule has 0 unspecified atom stereocenters. The number of furan rings is 2. The molecule has 0 radical (unpaired) electrons. The Morgan fingerprint density at radius 2 is 1.94 bits per heavy atom. The summed E-state index contributed by atoms with van der Waals surface area (Å²) < 4.78 is 18.1. The van der Waals surface area contributed by atoms with E-state index in [1.807, 2.05) is 32.0 Å². The van der Waals surface area contributed by atoms with Gasteiger partial charge in [0.25, 0.3) is 11.8 Å². The van der Waals surface area contributed by atoms with E-state index in [-0.39, 0.29) is 30.3 Å². The fraction of sp³-hybridized carbons (Fsp3) is 0.208. The Hall–Kier alpha value is -4.27. The van der Waals surface area contributed by atoms with Gasteiger partial charge in [-0.15, -0.1) is 0 Å². The Kier molecular flexibility index (Phi) is 6.30. The van der Waals surface area contributed by atoms with E-state index in [9.17, 15) is 9.59 Å². The summed E-state index contributed by atoms with van der Waals surface area (Å²) in [6, 6.07) is 12.7. The van der Waals surface area contributed by atoms with Gasteiger partial charge in [-0.3, -0.25) is 14.3 Å². The van der Waals surface area contributed by atoms with E-state index >= 15 is 0 Å². The predicted molar refractivity (Wildman–Crippen MR) is 120 cm³/mol. The number of nitrogens with zero attached hydrogens (tertiary/aromatic N) is 2. The molecule has 170 valence electrons. The minimum absolute atomic E-state index is 0.0856. The van der Waals surface area contributed by atoms with Crippen molar-refractivity contribution in [3.05, 3.63) is 89.0 Å². The van der Waals surface area contributed by atoms with Crippen molar-refractivity contribution < 1.29 is 23.2 Å². The van der Waals surface area contributed by atoms with Crippen LogP contribution < -0.4 is 15.4 Å². The third-order valence-electron chi connectivity index (χ3n) is 4.89. The topological polar surface area (TPSA) is 112 Å². The van der Waals surface area contributed by atoms with Crippen molar-refractivity contribution in [2.45, 2.75) is 27.0 Å². The van der Waals surface area contributed by atoms with Gasteiger partial charge in [0.15, 0.2) is 11.5 Å². The molecule has 9 nitrogen and oxygen atoms in total. The molecule has 4 rings (SSSR count). The van der Waals surface area contributed by atoms with Gasteiger partial charge >= 0.3 is 0 Å². The molecule has 0 aliphatic carbocycles. The summed E-state index contributed by atoms with van der Waals surface area (Å²) in [5.41, 5.74) is 2.46. The van der Waals surface area contributed by atoms with E-state index in [0.29, 0.717) is 11.5 Å². The second-order valence-electron chi connectivity index (χ2n) is 7.60. The number of anilines is 1. The predicted octanol–water partition coefficient (Wildman–Crippen LogP) is 3.98. The van der Waals surface area contributed by atoms with Crippen LogP contribution in [0.25, 0.3) is 0 Å². The highest BCUT2D eigenvalue weighted by Crippen LogP contribution is 2.21. The summed E-state index contributed by atoms with van der Waals surface area (Å²) in [6.07, 6.45) is 3.08. The number of nitrogens with one attached hydrogen (secondary N) is 2. The molecule has 0 aliphatic rings. The molecule has 2 amide bonds. The van der Waals surface area contributed by atoms with E-state index in [4.69, 9.17) is 13.6 Å². The van der Waals surface area contributed by atoms with Crippen molar-refractivity contribution in [2.75, 3.05) is 5.32 Å². The molecule has 0 saturated carbocycles. The summed E-state index contributed by atoms with van der Waals surface area (Å²) in [4.78, 5) is 25.2.